The lowest BCUT2D eigenvalue weighted by Gasteiger charge is -2.36. The number of fused-ring (bicyclic) bond motifs is 1. The molecule has 1 amide bonds. The molecule has 0 radical (unpaired) electrons. The van der Waals surface area contributed by atoms with Crippen molar-refractivity contribution in [2.75, 3.05) is 18.4 Å². The number of carbonyl (C=O) groups excluding carboxylic acids is 1. The summed E-state index contributed by atoms with van der Waals surface area (Å²) < 4.78 is 11.7. The Hall–Kier alpha value is -1.87. The van der Waals surface area contributed by atoms with Gasteiger partial charge >= 0.3 is 6.09 Å². The molecule has 136 valence electrons. The number of pyridine rings is 1. The van der Waals surface area contributed by atoms with Gasteiger partial charge < -0.3 is 24.5 Å². The largest absolute Gasteiger partial charge is 0.444 e. The minimum absolute atomic E-state index is 0.201. The molecule has 8 nitrogen and oxygen atoms in total. The first-order valence-corrected chi connectivity index (χ1v) is 8.84. The number of aliphatic hydroxyl groups excluding tert-OH is 1. The summed E-state index contributed by atoms with van der Waals surface area (Å²) in [6.07, 6.45) is -0.605. The van der Waals surface area contributed by atoms with E-state index in [1.54, 1.807) is 12.1 Å². The van der Waals surface area contributed by atoms with E-state index >= 15 is 0 Å². The predicted molar refractivity (Wildman–Crippen MR) is 95.3 cm³/mol. The van der Waals surface area contributed by atoms with Crippen LogP contribution in [0.3, 0.4) is 0 Å². The Balaban J connectivity index is 1.69. The van der Waals surface area contributed by atoms with Crippen LogP contribution in [0, 0.1) is 0 Å². The molecule has 0 aliphatic carbocycles. The van der Waals surface area contributed by atoms with Gasteiger partial charge in [-0.1, -0.05) is 0 Å². The second kappa shape index (κ2) is 6.80. The molecule has 1 fully saturated rings. The van der Waals surface area contributed by atoms with Crippen LogP contribution in [-0.2, 0) is 4.74 Å². The van der Waals surface area contributed by atoms with Crippen LogP contribution in [0.2, 0.25) is 0 Å². The van der Waals surface area contributed by atoms with Crippen LogP contribution < -0.4 is 5.32 Å². The number of aromatic nitrogens is 2. The summed E-state index contributed by atoms with van der Waals surface area (Å²) in [5.74, 6) is 0. The van der Waals surface area contributed by atoms with Gasteiger partial charge in [0.15, 0.2) is 5.58 Å². The first-order chi connectivity index (χ1) is 11.7. The zero-order valence-electron chi connectivity index (χ0n) is 14.3. The van der Waals surface area contributed by atoms with Gasteiger partial charge in [0.1, 0.15) is 10.2 Å². The lowest BCUT2D eigenvalue weighted by Crippen LogP contribution is -2.52. The SMILES string of the molecule is CC(C)(C)OC(=O)N1C[C@@H](O)C[C@@H](Nc2nc3nc(Br)ccc3o2)C1. The van der Waals surface area contributed by atoms with Gasteiger partial charge in [-0.3, -0.25) is 0 Å². The van der Waals surface area contributed by atoms with E-state index in [0.29, 0.717) is 34.8 Å². The van der Waals surface area contributed by atoms with Crippen LogP contribution in [-0.4, -0.2) is 56.9 Å². The van der Waals surface area contributed by atoms with Gasteiger partial charge in [-0.2, -0.15) is 4.98 Å². The van der Waals surface area contributed by atoms with Crippen molar-refractivity contribution in [2.45, 2.75) is 44.9 Å². The van der Waals surface area contributed by atoms with Crippen molar-refractivity contribution in [1.29, 1.82) is 0 Å². The Morgan fingerprint density at radius 3 is 2.88 bits per heavy atom. The maximum absolute atomic E-state index is 12.2. The fraction of sp³-hybridized carbons (Fsp3) is 0.562. The van der Waals surface area contributed by atoms with Crippen LogP contribution in [0.5, 0.6) is 0 Å². The Kier molecular flexibility index (Phi) is 4.88. The summed E-state index contributed by atoms with van der Waals surface area (Å²) in [6, 6.07) is 3.65. The molecule has 0 aromatic carbocycles. The fourth-order valence-corrected chi connectivity index (χ4v) is 2.98. The molecule has 9 heteroatoms. The number of amides is 1. The predicted octanol–water partition coefficient (Wildman–Crippen LogP) is 2.77. The molecule has 25 heavy (non-hydrogen) atoms. The van der Waals surface area contributed by atoms with Crippen LogP contribution in [0.4, 0.5) is 10.8 Å². The molecule has 1 aliphatic rings. The number of piperidine rings is 1. The average Bonchev–Trinajstić information content (AvgIpc) is 2.86. The van der Waals surface area contributed by atoms with Crippen molar-refractivity contribution in [3.63, 3.8) is 0 Å². The molecule has 2 atom stereocenters. The Labute approximate surface area is 153 Å². The normalized spacial score (nSPS) is 21.4. The minimum atomic E-state index is -0.643. The summed E-state index contributed by atoms with van der Waals surface area (Å²) in [5.41, 5.74) is 0.463. The highest BCUT2D eigenvalue weighted by Gasteiger charge is 2.32. The third-order valence-corrected chi connectivity index (χ3v) is 4.07. The number of likely N-dealkylation sites (tertiary alicyclic amines) is 1. The highest BCUT2D eigenvalue weighted by atomic mass is 79.9. The molecule has 0 saturated carbocycles. The number of β-amino-alcohol motifs (C(OH)–C–C–N with tert-alkyl or cyclic N) is 1. The Morgan fingerprint density at radius 2 is 2.16 bits per heavy atom. The van der Waals surface area contributed by atoms with Crippen molar-refractivity contribution in [2.24, 2.45) is 0 Å². The number of ether oxygens (including phenoxy) is 1. The number of nitrogens with zero attached hydrogens (tertiary/aromatic N) is 3. The number of oxazole rings is 1. The number of carbonyl (C=O) groups is 1. The Bertz CT molecular complexity index is 773. The molecule has 0 bridgehead atoms. The van der Waals surface area contributed by atoms with E-state index in [1.807, 2.05) is 20.8 Å². The third kappa shape index (κ3) is 4.60. The van der Waals surface area contributed by atoms with Crippen molar-refractivity contribution in [3.05, 3.63) is 16.7 Å². The molecular weight excluding hydrogens is 392 g/mol. The number of rotatable bonds is 2. The minimum Gasteiger partial charge on any atom is -0.444 e. The number of anilines is 1. The van der Waals surface area contributed by atoms with Crippen LogP contribution in [0.15, 0.2) is 21.2 Å². The van der Waals surface area contributed by atoms with Crippen LogP contribution in [0.25, 0.3) is 11.2 Å². The van der Waals surface area contributed by atoms with E-state index < -0.39 is 17.8 Å². The summed E-state index contributed by atoms with van der Waals surface area (Å²) in [4.78, 5) is 22.3. The Morgan fingerprint density at radius 1 is 1.40 bits per heavy atom. The molecule has 3 rings (SSSR count). The number of halogens is 1. The monoisotopic (exact) mass is 412 g/mol. The standard InChI is InChI=1S/C16H21BrN4O4/c1-16(2,3)25-15(23)21-7-9(6-10(22)8-21)18-14-20-13-11(24-14)4-5-12(17)19-13/h4-5,9-10,22H,6-8H2,1-3H3,(H,18,19,20)/t9-,10+/m1/s1. The molecule has 2 aromatic rings. The smallest absolute Gasteiger partial charge is 0.410 e. The molecule has 2 N–H and O–H groups in total. The second-order valence-corrected chi connectivity index (χ2v) is 7.90. The summed E-state index contributed by atoms with van der Waals surface area (Å²) in [6.45, 7) is 6.07. The van der Waals surface area contributed by atoms with Crippen LogP contribution in [0.1, 0.15) is 27.2 Å². The zero-order chi connectivity index (χ0) is 18.2. The first kappa shape index (κ1) is 17.9. The van der Waals surface area contributed by atoms with Crippen molar-refractivity contribution >= 4 is 39.3 Å². The van der Waals surface area contributed by atoms with E-state index in [-0.39, 0.29) is 12.6 Å². The molecule has 0 spiro atoms. The number of hydrogen-bond donors (Lipinski definition) is 2. The molecular formula is C16H21BrN4O4. The molecule has 3 heterocycles. The van der Waals surface area contributed by atoms with Gasteiger partial charge in [-0.05, 0) is 55.3 Å². The molecule has 0 unspecified atom stereocenters. The van der Waals surface area contributed by atoms with E-state index in [9.17, 15) is 9.90 Å². The van der Waals surface area contributed by atoms with Crippen molar-refractivity contribution in [3.8, 4) is 0 Å². The molecule has 1 saturated heterocycles. The zero-order valence-corrected chi connectivity index (χ0v) is 15.9. The van der Waals surface area contributed by atoms with Gasteiger partial charge in [-0.15, -0.1) is 0 Å². The summed E-state index contributed by atoms with van der Waals surface area (Å²) in [5, 5.41) is 13.2. The highest BCUT2D eigenvalue weighted by Crippen LogP contribution is 2.22. The van der Waals surface area contributed by atoms with Gasteiger partial charge in [-0.25, -0.2) is 9.78 Å². The lowest BCUT2D eigenvalue weighted by molar-refractivity contribution is 0.00167. The third-order valence-electron chi connectivity index (χ3n) is 3.63. The number of hydrogen-bond acceptors (Lipinski definition) is 7. The highest BCUT2D eigenvalue weighted by molar-refractivity contribution is 9.10. The second-order valence-electron chi connectivity index (χ2n) is 7.09. The van der Waals surface area contributed by atoms with E-state index in [2.05, 4.69) is 31.2 Å². The van der Waals surface area contributed by atoms with Gasteiger partial charge in [0.05, 0.1) is 18.7 Å². The number of nitrogens with one attached hydrogen (secondary N) is 1. The maximum Gasteiger partial charge on any atom is 0.410 e. The van der Waals surface area contributed by atoms with Gasteiger partial charge in [0, 0.05) is 6.54 Å². The first-order valence-electron chi connectivity index (χ1n) is 8.05. The van der Waals surface area contributed by atoms with Crippen molar-refractivity contribution < 1.29 is 19.1 Å². The molecule has 2 aromatic heterocycles. The lowest BCUT2D eigenvalue weighted by atomic mass is 10.0. The van der Waals surface area contributed by atoms with E-state index in [0.717, 1.165) is 0 Å². The van der Waals surface area contributed by atoms with Crippen LogP contribution >= 0.6 is 15.9 Å². The van der Waals surface area contributed by atoms with E-state index in [1.165, 1.54) is 4.90 Å². The van der Waals surface area contributed by atoms with Gasteiger partial charge in [0.2, 0.25) is 5.65 Å². The quantitative estimate of drug-likeness (QED) is 0.731. The fourth-order valence-electron chi connectivity index (χ4n) is 2.68. The number of aliphatic hydroxyl groups is 1. The van der Waals surface area contributed by atoms with Gasteiger partial charge in [0.25, 0.3) is 6.01 Å². The van der Waals surface area contributed by atoms with E-state index in [4.69, 9.17) is 9.15 Å². The summed E-state index contributed by atoms with van der Waals surface area (Å²) in [7, 11) is 0. The topological polar surface area (TPSA) is 101 Å². The summed E-state index contributed by atoms with van der Waals surface area (Å²) >= 11 is 3.29. The molecule has 1 aliphatic heterocycles. The maximum atomic E-state index is 12.2. The van der Waals surface area contributed by atoms with Crippen molar-refractivity contribution in [1.82, 2.24) is 14.9 Å². The average molecular weight is 413 g/mol.